The number of rotatable bonds is 0. The summed E-state index contributed by atoms with van der Waals surface area (Å²) in [5.74, 6) is 0. The Morgan fingerprint density at radius 1 is 0.522 bits per heavy atom. The molecule has 0 fully saturated rings. The van der Waals surface area contributed by atoms with Crippen molar-refractivity contribution in [1.29, 1.82) is 0 Å². The normalized spacial score (nSPS) is 9.83. The van der Waals surface area contributed by atoms with Crippen LogP contribution in [-0.4, -0.2) is 0 Å². The average molecular weight is 416 g/mol. The van der Waals surface area contributed by atoms with Crippen molar-refractivity contribution < 1.29 is 9.13 Å². The number of benzene rings is 2. The Hall–Kier alpha value is -2.01. The van der Waals surface area contributed by atoms with Crippen LogP contribution in [0.2, 0.25) is 0 Å². The Morgan fingerprint density at radius 2 is 0.870 bits per heavy atom. The monoisotopic (exact) mass is 416 g/mol. The Kier molecular flexibility index (Phi) is 6.04. The molecule has 0 bridgehead atoms. The summed E-state index contributed by atoms with van der Waals surface area (Å²) in [4.78, 5) is 0. The van der Waals surface area contributed by atoms with E-state index in [0.29, 0.717) is 0 Å². The lowest BCUT2D eigenvalue weighted by molar-refractivity contribution is -0.645. The second kappa shape index (κ2) is 8.02. The summed E-state index contributed by atoms with van der Waals surface area (Å²) in [6.45, 7) is 0. The van der Waals surface area contributed by atoms with Crippen LogP contribution in [0.3, 0.4) is 0 Å². The fraction of sp³-hybridized carbons (Fsp3) is 0.100. The number of hydrogen-bond acceptors (Lipinski definition) is 0. The summed E-state index contributed by atoms with van der Waals surface area (Å²) in [7, 11) is 4.12. The van der Waals surface area contributed by atoms with Crippen molar-refractivity contribution in [3.8, 4) is 0 Å². The highest BCUT2D eigenvalue weighted by Gasteiger charge is 2.00. The third-order valence-corrected chi connectivity index (χ3v) is 3.80. The van der Waals surface area contributed by atoms with E-state index in [1.54, 1.807) is 0 Å². The summed E-state index contributed by atoms with van der Waals surface area (Å²) in [5, 5.41) is 2.58. The molecule has 3 heteroatoms. The molecule has 0 saturated carbocycles. The predicted octanol–water partition coefficient (Wildman–Crippen LogP) is 3.95. The van der Waals surface area contributed by atoms with E-state index in [0.717, 1.165) is 0 Å². The third-order valence-electron chi connectivity index (χ3n) is 3.80. The van der Waals surface area contributed by atoms with Gasteiger partial charge in [-0.05, 0) is 24.3 Å². The first-order valence-corrected chi connectivity index (χ1v) is 7.42. The molecule has 2 heterocycles. The van der Waals surface area contributed by atoms with Crippen LogP contribution in [0, 0.1) is 0 Å². The molecule has 23 heavy (non-hydrogen) atoms. The van der Waals surface area contributed by atoms with E-state index in [2.05, 4.69) is 108 Å². The highest BCUT2D eigenvalue weighted by Crippen LogP contribution is 2.07. The Balaban J connectivity index is 0.000000160. The highest BCUT2D eigenvalue weighted by molar-refractivity contribution is 14.0. The molecule has 0 spiro atoms. The molecule has 2 aromatic carbocycles. The topological polar surface area (TPSA) is 7.76 Å². The van der Waals surface area contributed by atoms with Crippen LogP contribution in [-0.2, 0) is 14.1 Å². The first-order valence-electron chi connectivity index (χ1n) is 7.42. The molecule has 0 N–H and O–H groups in total. The van der Waals surface area contributed by atoms with Crippen LogP contribution in [0.4, 0.5) is 0 Å². The SMILES string of the molecule is C[n+]1cccc2ccccc21.C[n+]1cccc2ccccc21.I. The zero-order chi connectivity index (χ0) is 15.4. The van der Waals surface area contributed by atoms with Gasteiger partial charge in [-0.25, -0.2) is 9.13 Å². The molecule has 2 aromatic heterocycles. The molecule has 0 saturated heterocycles. The molecule has 0 aliphatic heterocycles. The lowest BCUT2D eigenvalue weighted by atomic mass is 10.2. The van der Waals surface area contributed by atoms with Crippen molar-refractivity contribution in [3.63, 3.8) is 0 Å². The molecule has 0 aliphatic rings. The van der Waals surface area contributed by atoms with Gasteiger partial charge in [0.05, 0.1) is 0 Å². The first kappa shape index (κ1) is 17.3. The van der Waals surface area contributed by atoms with Crippen molar-refractivity contribution in [1.82, 2.24) is 0 Å². The van der Waals surface area contributed by atoms with Crippen LogP contribution in [0.1, 0.15) is 0 Å². The van der Waals surface area contributed by atoms with Gasteiger partial charge in [0.1, 0.15) is 14.1 Å². The molecule has 4 aromatic rings. The van der Waals surface area contributed by atoms with Crippen molar-refractivity contribution in [2.45, 2.75) is 0 Å². The van der Waals surface area contributed by atoms with Crippen molar-refractivity contribution in [2.24, 2.45) is 14.1 Å². The smallest absolute Gasteiger partial charge is 0.201 e. The molecular weight excluding hydrogens is 395 g/mol. The Bertz CT molecular complexity index is 831. The van der Waals surface area contributed by atoms with E-state index < -0.39 is 0 Å². The predicted molar refractivity (Wildman–Crippen MR) is 106 cm³/mol. The van der Waals surface area contributed by atoms with Gasteiger partial charge in [-0.15, -0.1) is 24.0 Å². The first-order chi connectivity index (χ1) is 10.8. The van der Waals surface area contributed by atoms with Gasteiger partial charge in [0.2, 0.25) is 11.0 Å². The number of hydrogen-bond donors (Lipinski definition) is 0. The minimum Gasteiger partial charge on any atom is -0.201 e. The summed E-state index contributed by atoms with van der Waals surface area (Å²) in [6.07, 6.45) is 4.12. The van der Waals surface area contributed by atoms with E-state index in [-0.39, 0.29) is 24.0 Å². The lowest BCUT2D eigenvalue weighted by Crippen LogP contribution is -2.27. The maximum Gasteiger partial charge on any atom is 0.212 e. The van der Waals surface area contributed by atoms with E-state index >= 15 is 0 Å². The summed E-state index contributed by atoms with van der Waals surface area (Å²) in [6, 6.07) is 25.1. The van der Waals surface area contributed by atoms with Gasteiger partial charge in [-0.3, -0.25) is 0 Å². The minimum atomic E-state index is 0. The molecule has 0 unspecified atom stereocenters. The number of para-hydroxylation sites is 2. The van der Waals surface area contributed by atoms with E-state index in [4.69, 9.17) is 0 Å². The molecule has 0 aliphatic carbocycles. The lowest BCUT2D eigenvalue weighted by Gasteiger charge is -1.93. The average Bonchev–Trinajstić information content (AvgIpc) is 2.57. The second-order valence-corrected chi connectivity index (χ2v) is 5.36. The van der Waals surface area contributed by atoms with Crippen LogP contribution >= 0.6 is 24.0 Å². The number of halogens is 1. The third kappa shape index (κ3) is 4.05. The van der Waals surface area contributed by atoms with Crippen LogP contribution in [0.25, 0.3) is 21.8 Å². The second-order valence-electron chi connectivity index (χ2n) is 5.36. The van der Waals surface area contributed by atoms with Gasteiger partial charge in [-0.1, -0.05) is 24.3 Å². The van der Waals surface area contributed by atoms with Crippen molar-refractivity contribution in [2.75, 3.05) is 0 Å². The van der Waals surface area contributed by atoms with Gasteiger partial charge in [0.15, 0.2) is 12.4 Å². The number of aryl methyl sites for hydroxylation is 2. The molecule has 0 radical (unpaired) electrons. The Labute approximate surface area is 154 Å². The van der Waals surface area contributed by atoms with Crippen LogP contribution in [0.5, 0.6) is 0 Å². The zero-order valence-electron chi connectivity index (χ0n) is 13.4. The standard InChI is InChI=1S/2C10H10N.HI/c2*1-11-8-4-6-9-5-2-3-7-10(9)11;/h2*2-8H,1H3;1H/q2*+1;. The van der Waals surface area contributed by atoms with E-state index in [9.17, 15) is 0 Å². The number of fused-ring (bicyclic) bond motifs is 2. The maximum absolute atomic E-state index is 2.12. The van der Waals surface area contributed by atoms with Crippen molar-refractivity contribution >= 4 is 45.8 Å². The molecular formula is C20H21IN2+2. The van der Waals surface area contributed by atoms with Crippen molar-refractivity contribution in [3.05, 3.63) is 85.2 Å². The number of nitrogens with zero attached hydrogens (tertiary/aromatic N) is 2. The quantitative estimate of drug-likeness (QED) is 0.303. The molecule has 4 rings (SSSR count). The fourth-order valence-corrected chi connectivity index (χ4v) is 2.61. The Morgan fingerprint density at radius 3 is 1.26 bits per heavy atom. The molecule has 116 valence electrons. The minimum absolute atomic E-state index is 0. The largest absolute Gasteiger partial charge is 0.212 e. The van der Waals surface area contributed by atoms with Crippen LogP contribution in [0.15, 0.2) is 85.2 Å². The van der Waals surface area contributed by atoms with Gasteiger partial charge in [0, 0.05) is 35.0 Å². The molecule has 0 atom stereocenters. The number of pyridine rings is 2. The van der Waals surface area contributed by atoms with Gasteiger partial charge >= 0.3 is 0 Å². The van der Waals surface area contributed by atoms with Crippen LogP contribution < -0.4 is 9.13 Å². The molecule has 2 nitrogen and oxygen atoms in total. The van der Waals surface area contributed by atoms with Gasteiger partial charge < -0.3 is 0 Å². The van der Waals surface area contributed by atoms with Gasteiger partial charge in [0.25, 0.3) is 0 Å². The molecule has 0 amide bonds. The van der Waals surface area contributed by atoms with E-state index in [1.807, 2.05) is 0 Å². The van der Waals surface area contributed by atoms with E-state index in [1.165, 1.54) is 21.8 Å². The van der Waals surface area contributed by atoms with Gasteiger partial charge in [-0.2, -0.15) is 0 Å². The highest BCUT2D eigenvalue weighted by atomic mass is 127. The fourth-order valence-electron chi connectivity index (χ4n) is 2.61. The summed E-state index contributed by atoms with van der Waals surface area (Å²) in [5.41, 5.74) is 2.55. The maximum atomic E-state index is 2.12. The zero-order valence-corrected chi connectivity index (χ0v) is 15.7. The summed E-state index contributed by atoms with van der Waals surface area (Å²) < 4.78 is 4.24. The summed E-state index contributed by atoms with van der Waals surface area (Å²) >= 11 is 0. The number of aromatic nitrogens is 2.